The highest BCUT2D eigenvalue weighted by Gasteiger charge is 2.27. The number of hydrogen-bond acceptors (Lipinski definition) is 4. The monoisotopic (exact) mass is 500 g/mol. The van der Waals surface area contributed by atoms with Gasteiger partial charge in [-0.15, -0.1) is 0 Å². The smallest absolute Gasteiger partial charge is 0.264 e. The first-order valence-electron chi connectivity index (χ1n) is 10.9. The van der Waals surface area contributed by atoms with Gasteiger partial charge in [0.05, 0.1) is 16.7 Å². The molecule has 0 heterocycles. The Morgan fingerprint density at radius 1 is 1.00 bits per heavy atom. The molecule has 34 heavy (non-hydrogen) atoms. The maximum atomic E-state index is 13.5. The summed E-state index contributed by atoms with van der Waals surface area (Å²) >= 11 is 5.94. The van der Waals surface area contributed by atoms with E-state index in [0.29, 0.717) is 16.5 Å². The van der Waals surface area contributed by atoms with Gasteiger partial charge in [0.2, 0.25) is 5.91 Å². The van der Waals surface area contributed by atoms with E-state index in [9.17, 15) is 13.2 Å². The molecule has 8 heteroatoms. The highest BCUT2D eigenvalue weighted by Crippen LogP contribution is 2.26. The Morgan fingerprint density at radius 3 is 2.35 bits per heavy atom. The fourth-order valence-electron chi connectivity index (χ4n) is 3.32. The third-order valence-electron chi connectivity index (χ3n) is 5.23. The van der Waals surface area contributed by atoms with Crippen molar-refractivity contribution in [2.24, 2.45) is 0 Å². The van der Waals surface area contributed by atoms with E-state index < -0.39 is 15.9 Å². The molecular formula is C26H29ClN2O4S. The molecule has 0 atom stereocenters. The number of halogens is 1. The average molecular weight is 501 g/mol. The van der Waals surface area contributed by atoms with Crippen molar-refractivity contribution in [3.05, 3.63) is 88.4 Å². The lowest BCUT2D eigenvalue weighted by molar-refractivity contribution is -0.119. The van der Waals surface area contributed by atoms with Crippen molar-refractivity contribution in [2.45, 2.75) is 45.2 Å². The number of carbonyl (C=O) groups excluding carboxylic acids is 1. The standard InChI is InChI=1S/C26H29ClN2O4S/c1-18(2)33-24-7-5-6-21(15-24)16-28-26(30)17-29(23-11-8-19(3)20(4)14-23)34(31,32)25-12-9-22(27)10-13-25/h5-15,18H,16-17H2,1-4H3,(H,28,30). The fourth-order valence-corrected chi connectivity index (χ4v) is 4.86. The van der Waals surface area contributed by atoms with E-state index in [4.69, 9.17) is 16.3 Å². The minimum atomic E-state index is -4.00. The van der Waals surface area contributed by atoms with Gasteiger partial charge in [-0.3, -0.25) is 9.10 Å². The van der Waals surface area contributed by atoms with Gasteiger partial charge in [-0.05, 0) is 92.9 Å². The third-order valence-corrected chi connectivity index (χ3v) is 7.27. The van der Waals surface area contributed by atoms with Gasteiger partial charge in [0.1, 0.15) is 12.3 Å². The molecule has 180 valence electrons. The van der Waals surface area contributed by atoms with E-state index in [0.717, 1.165) is 21.0 Å². The van der Waals surface area contributed by atoms with Crippen molar-refractivity contribution >= 4 is 33.2 Å². The molecule has 0 unspecified atom stereocenters. The summed E-state index contributed by atoms with van der Waals surface area (Å²) in [5, 5.41) is 3.25. The van der Waals surface area contributed by atoms with Crippen molar-refractivity contribution in [3.8, 4) is 5.75 Å². The summed E-state index contributed by atoms with van der Waals surface area (Å²) in [7, 11) is -4.00. The van der Waals surface area contributed by atoms with E-state index in [2.05, 4.69) is 5.32 Å². The van der Waals surface area contributed by atoms with Crippen molar-refractivity contribution in [3.63, 3.8) is 0 Å². The second kappa shape index (κ2) is 10.9. The molecule has 6 nitrogen and oxygen atoms in total. The zero-order valence-electron chi connectivity index (χ0n) is 19.7. The lowest BCUT2D eigenvalue weighted by Gasteiger charge is -2.25. The molecule has 0 spiro atoms. The van der Waals surface area contributed by atoms with E-state index >= 15 is 0 Å². The summed E-state index contributed by atoms with van der Waals surface area (Å²) in [5.41, 5.74) is 3.22. The molecule has 0 aliphatic carbocycles. The number of nitrogens with one attached hydrogen (secondary N) is 1. The Bertz CT molecular complexity index is 1260. The van der Waals surface area contributed by atoms with Crippen LogP contribution in [0.25, 0.3) is 0 Å². The van der Waals surface area contributed by atoms with Crippen LogP contribution in [-0.2, 0) is 21.4 Å². The number of rotatable bonds is 9. The normalized spacial score (nSPS) is 11.4. The molecule has 1 N–H and O–H groups in total. The van der Waals surface area contributed by atoms with Crippen LogP contribution in [0.15, 0.2) is 71.6 Å². The third kappa shape index (κ3) is 6.52. The zero-order chi connectivity index (χ0) is 24.9. The first-order chi connectivity index (χ1) is 16.1. The molecule has 3 aromatic rings. The molecule has 0 aliphatic rings. The molecule has 0 bridgehead atoms. The highest BCUT2D eigenvalue weighted by molar-refractivity contribution is 7.92. The van der Waals surface area contributed by atoms with Crippen molar-refractivity contribution in [1.29, 1.82) is 0 Å². The molecular weight excluding hydrogens is 472 g/mol. The molecule has 0 aromatic heterocycles. The summed E-state index contributed by atoms with van der Waals surface area (Å²) in [6.07, 6.45) is 0.0365. The molecule has 0 saturated carbocycles. The van der Waals surface area contributed by atoms with Gasteiger partial charge in [-0.1, -0.05) is 29.8 Å². The summed E-state index contributed by atoms with van der Waals surface area (Å²) in [5.74, 6) is 0.287. The summed E-state index contributed by atoms with van der Waals surface area (Å²) in [6.45, 7) is 7.61. The Kier molecular flexibility index (Phi) is 8.23. The molecule has 0 saturated heterocycles. The number of carbonyl (C=O) groups is 1. The van der Waals surface area contributed by atoms with Crippen LogP contribution < -0.4 is 14.4 Å². The van der Waals surface area contributed by atoms with E-state index in [-0.39, 0.29) is 24.1 Å². The Hall–Kier alpha value is -3.03. The summed E-state index contributed by atoms with van der Waals surface area (Å²) in [4.78, 5) is 12.9. The number of sulfonamides is 1. The van der Waals surface area contributed by atoms with Crippen LogP contribution in [-0.4, -0.2) is 27.0 Å². The quantitative estimate of drug-likeness (QED) is 0.435. The Morgan fingerprint density at radius 2 is 1.71 bits per heavy atom. The summed E-state index contributed by atoms with van der Waals surface area (Å²) < 4.78 is 33.8. The average Bonchev–Trinajstić information content (AvgIpc) is 2.78. The number of benzene rings is 3. The maximum absolute atomic E-state index is 13.5. The molecule has 1 amide bonds. The predicted molar refractivity (Wildman–Crippen MR) is 136 cm³/mol. The van der Waals surface area contributed by atoms with Crippen molar-refractivity contribution in [2.75, 3.05) is 10.8 Å². The van der Waals surface area contributed by atoms with Crippen molar-refractivity contribution in [1.82, 2.24) is 5.32 Å². The summed E-state index contributed by atoms with van der Waals surface area (Å²) in [6, 6.07) is 18.6. The van der Waals surface area contributed by atoms with Gasteiger partial charge < -0.3 is 10.1 Å². The van der Waals surface area contributed by atoms with Crippen LogP contribution in [0.2, 0.25) is 5.02 Å². The van der Waals surface area contributed by atoms with Crippen LogP contribution in [0.3, 0.4) is 0 Å². The minimum absolute atomic E-state index is 0.0365. The lowest BCUT2D eigenvalue weighted by atomic mass is 10.1. The predicted octanol–water partition coefficient (Wildman–Crippen LogP) is 5.26. The number of hydrogen-bond donors (Lipinski definition) is 1. The largest absolute Gasteiger partial charge is 0.491 e. The maximum Gasteiger partial charge on any atom is 0.264 e. The lowest BCUT2D eigenvalue weighted by Crippen LogP contribution is -2.40. The molecule has 0 aliphatic heterocycles. The van der Waals surface area contributed by atoms with Crippen LogP contribution in [0.1, 0.15) is 30.5 Å². The molecule has 3 rings (SSSR count). The van der Waals surface area contributed by atoms with Crippen LogP contribution in [0, 0.1) is 13.8 Å². The first-order valence-corrected chi connectivity index (χ1v) is 12.8. The molecule has 3 aromatic carbocycles. The van der Waals surface area contributed by atoms with Gasteiger partial charge in [0.15, 0.2) is 0 Å². The van der Waals surface area contributed by atoms with Crippen molar-refractivity contribution < 1.29 is 17.9 Å². The fraction of sp³-hybridized carbons (Fsp3) is 0.269. The number of anilines is 1. The second-order valence-corrected chi connectivity index (χ2v) is 10.6. The van der Waals surface area contributed by atoms with Crippen LogP contribution in [0.5, 0.6) is 5.75 Å². The van der Waals surface area contributed by atoms with Gasteiger partial charge in [0.25, 0.3) is 10.0 Å². The van der Waals surface area contributed by atoms with Gasteiger partial charge in [0, 0.05) is 11.6 Å². The Balaban J connectivity index is 1.83. The zero-order valence-corrected chi connectivity index (χ0v) is 21.3. The Labute approximate surface area is 206 Å². The van der Waals surface area contributed by atoms with E-state index in [1.807, 2.05) is 58.0 Å². The topological polar surface area (TPSA) is 75.7 Å². The van der Waals surface area contributed by atoms with Gasteiger partial charge in [-0.2, -0.15) is 0 Å². The number of aryl methyl sites for hydroxylation is 2. The van der Waals surface area contributed by atoms with Gasteiger partial charge in [-0.25, -0.2) is 8.42 Å². The van der Waals surface area contributed by atoms with E-state index in [1.54, 1.807) is 12.1 Å². The SMILES string of the molecule is Cc1ccc(N(CC(=O)NCc2cccc(OC(C)C)c2)S(=O)(=O)c2ccc(Cl)cc2)cc1C. The van der Waals surface area contributed by atoms with Gasteiger partial charge >= 0.3 is 0 Å². The number of ether oxygens (including phenoxy) is 1. The first kappa shape index (κ1) is 25.6. The number of amides is 1. The van der Waals surface area contributed by atoms with E-state index in [1.165, 1.54) is 24.3 Å². The van der Waals surface area contributed by atoms with Crippen LogP contribution in [0.4, 0.5) is 5.69 Å². The number of nitrogens with zero attached hydrogens (tertiary/aromatic N) is 1. The molecule has 0 radical (unpaired) electrons. The minimum Gasteiger partial charge on any atom is -0.491 e. The highest BCUT2D eigenvalue weighted by atomic mass is 35.5. The van der Waals surface area contributed by atoms with Crippen LogP contribution >= 0.6 is 11.6 Å². The molecule has 0 fully saturated rings. The second-order valence-electron chi connectivity index (χ2n) is 8.32.